The van der Waals surface area contributed by atoms with Gasteiger partial charge in [-0.3, -0.25) is 0 Å². The van der Waals surface area contributed by atoms with Crippen molar-refractivity contribution in [3.8, 4) is 0 Å². The van der Waals surface area contributed by atoms with Gasteiger partial charge in [0.1, 0.15) is 0 Å². The van der Waals surface area contributed by atoms with E-state index in [2.05, 4.69) is 19.6 Å². The maximum atomic E-state index is 9.32. The maximum Gasteiger partial charge on any atom is 0.0920 e. The molecule has 1 heteroatoms. The standard InChI is InChI=1S/C18H30O.C2H6/c1-5-17-7-6-8-18(13-17)12-10-14(2)9-11-15(3)16(4)19;1-2/h9,11,17-19H,2,5-8,10,12-13H2,1,3-4H3;1-2H3/b11-9-,16-15+;. The van der Waals surface area contributed by atoms with Gasteiger partial charge in [-0.15, -0.1) is 0 Å². The molecule has 1 saturated carbocycles. The summed E-state index contributed by atoms with van der Waals surface area (Å²) < 4.78 is 0. The van der Waals surface area contributed by atoms with Crippen molar-refractivity contribution >= 4 is 0 Å². The van der Waals surface area contributed by atoms with E-state index in [9.17, 15) is 5.11 Å². The van der Waals surface area contributed by atoms with Gasteiger partial charge in [0.25, 0.3) is 0 Å². The lowest BCUT2D eigenvalue weighted by atomic mass is 9.78. The fourth-order valence-electron chi connectivity index (χ4n) is 2.87. The molecule has 2 atom stereocenters. The largest absolute Gasteiger partial charge is 0.512 e. The fraction of sp³-hybridized carbons (Fsp3) is 0.700. The third-order valence-electron chi connectivity index (χ3n) is 4.48. The van der Waals surface area contributed by atoms with Crippen LogP contribution in [0.1, 0.15) is 79.6 Å². The first-order valence-electron chi connectivity index (χ1n) is 8.75. The second-order valence-electron chi connectivity index (χ2n) is 6.11. The first-order valence-corrected chi connectivity index (χ1v) is 8.75. The molecule has 1 N–H and O–H groups in total. The maximum absolute atomic E-state index is 9.32. The second-order valence-corrected chi connectivity index (χ2v) is 6.11. The van der Waals surface area contributed by atoms with Crippen molar-refractivity contribution in [2.24, 2.45) is 11.8 Å². The highest BCUT2D eigenvalue weighted by atomic mass is 16.3. The van der Waals surface area contributed by atoms with Crippen LogP contribution in [0.2, 0.25) is 0 Å². The molecule has 0 aromatic carbocycles. The zero-order chi connectivity index (χ0) is 16.3. The summed E-state index contributed by atoms with van der Waals surface area (Å²) in [6.07, 6.45) is 13.4. The molecule has 1 rings (SSSR count). The quantitative estimate of drug-likeness (QED) is 0.414. The summed E-state index contributed by atoms with van der Waals surface area (Å²) in [6.45, 7) is 14.1. The van der Waals surface area contributed by atoms with Crippen molar-refractivity contribution in [3.63, 3.8) is 0 Å². The number of rotatable bonds is 6. The first-order chi connectivity index (χ1) is 10.0. The smallest absolute Gasteiger partial charge is 0.0920 e. The van der Waals surface area contributed by atoms with Gasteiger partial charge in [-0.25, -0.2) is 0 Å². The zero-order valence-electron chi connectivity index (χ0n) is 14.9. The van der Waals surface area contributed by atoms with Gasteiger partial charge in [0.05, 0.1) is 5.76 Å². The summed E-state index contributed by atoms with van der Waals surface area (Å²) in [7, 11) is 0. The number of allylic oxidation sites excluding steroid dienone is 5. The Hall–Kier alpha value is -0.980. The number of aliphatic hydroxyl groups is 1. The predicted molar refractivity (Wildman–Crippen MR) is 95.6 cm³/mol. The minimum atomic E-state index is 0.391. The first kappa shape index (κ1) is 20.0. The molecule has 0 amide bonds. The Kier molecular flexibility index (Phi) is 11.1. The molecule has 1 aliphatic carbocycles. The van der Waals surface area contributed by atoms with E-state index in [-0.39, 0.29) is 0 Å². The molecule has 1 fully saturated rings. The lowest BCUT2D eigenvalue weighted by Crippen LogP contribution is -2.14. The highest BCUT2D eigenvalue weighted by Crippen LogP contribution is 2.34. The topological polar surface area (TPSA) is 20.2 Å². The van der Waals surface area contributed by atoms with Crippen LogP contribution in [0, 0.1) is 11.8 Å². The summed E-state index contributed by atoms with van der Waals surface area (Å²) in [5.74, 6) is 2.26. The SMILES string of the molecule is C=C(/C=C\C(C)=C(/C)O)CCC1CCCC(CC)C1.CC. The number of hydrogen-bond acceptors (Lipinski definition) is 1. The van der Waals surface area contributed by atoms with Crippen LogP contribution < -0.4 is 0 Å². The van der Waals surface area contributed by atoms with Gasteiger partial charge < -0.3 is 5.11 Å². The molecule has 0 spiro atoms. The summed E-state index contributed by atoms with van der Waals surface area (Å²) in [6, 6.07) is 0. The molecule has 0 radical (unpaired) electrons. The van der Waals surface area contributed by atoms with Crippen LogP contribution in [0.15, 0.2) is 35.6 Å². The molecule has 0 aromatic heterocycles. The highest BCUT2D eigenvalue weighted by molar-refractivity contribution is 5.26. The number of hydrogen-bond donors (Lipinski definition) is 1. The van der Waals surface area contributed by atoms with Crippen LogP contribution in [0.25, 0.3) is 0 Å². The van der Waals surface area contributed by atoms with Crippen LogP contribution in [0.4, 0.5) is 0 Å². The fourth-order valence-corrected chi connectivity index (χ4v) is 2.87. The molecule has 1 aliphatic rings. The van der Waals surface area contributed by atoms with E-state index in [0.717, 1.165) is 23.8 Å². The summed E-state index contributed by atoms with van der Waals surface area (Å²) in [4.78, 5) is 0. The van der Waals surface area contributed by atoms with E-state index in [1.807, 2.05) is 26.8 Å². The minimum absolute atomic E-state index is 0.391. The monoisotopic (exact) mass is 292 g/mol. The van der Waals surface area contributed by atoms with Crippen LogP contribution in [-0.4, -0.2) is 5.11 Å². The van der Waals surface area contributed by atoms with E-state index in [1.54, 1.807) is 6.92 Å². The van der Waals surface area contributed by atoms with Crippen LogP contribution in [0.5, 0.6) is 0 Å². The van der Waals surface area contributed by atoms with Crippen LogP contribution >= 0.6 is 0 Å². The molecule has 0 aromatic rings. The lowest BCUT2D eigenvalue weighted by Gasteiger charge is -2.28. The second kappa shape index (κ2) is 11.7. The van der Waals surface area contributed by atoms with Crippen molar-refractivity contribution in [2.45, 2.75) is 79.6 Å². The average molecular weight is 293 g/mol. The van der Waals surface area contributed by atoms with Crippen molar-refractivity contribution in [1.29, 1.82) is 0 Å². The molecular weight excluding hydrogens is 256 g/mol. The Morgan fingerprint density at radius 2 is 1.76 bits per heavy atom. The minimum Gasteiger partial charge on any atom is -0.512 e. The van der Waals surface area contributed by atoms with Gasteiger partial charge in [0.15, 0.2) is 0 Å². The molecule has 2 unspecified atom stereocenters. The van der Waals surface area contributed by atoms with Crippen LogP contribution in [0.3, 0.4) is 0 Å². The zero-order valence-corrected chi connectivity index (χ0v) is 14.9. The molecule has 21 heavy (non-hydrogen) atoms. The molecule has 0 saturated heterocycles. The Balaban J connectivity index is 0.00000191. The molecular formula is C20H36O. The van der Waals surface area contributed by atoms with Gasteiger partial charge in [0, 0.05) is 0 Å². The van der Waals surface area contributed by atoms with Crippen molar-refractivity contribution < 1.29 is 5.11 Å². The lowest BCUT2D eigenvalue weighted by molar-refractivity contribution is 0.250. The van der Waals surface area contributed by atoms with Crippen molar-refractivity contribution in [1.82, 2.24) is 0 Å². The Morgan fingerprint density at radius 3 is 2.33 bits per heavy atom. The summed E-state index contributed by atoms with van der Waals surface area (Å²) >= 11 is 0. The van der Waals surface area contributed by atoms with E-state index in [0.29, 0.717) is 5.76 Å². The van der Waals surface area contributed by atoms with Gasteiger partial charge in [-0.1, -0.05) is 70.8 Å². The predicted octanol–water partition coefficient (Wildman–Crippen LogP) is 6.97. The summed E-state index contributed by atoms with van der Waals surface area (Å²) in [5.41, 5.74) is 2.10. The molecule has 122 valence electrons. The average Bonchev–Trinajstić information content (AvgIpc) is 2.52. The Morgan fingerprint density at radius 1 is 1.14 bits per heavy atom. The van der Waals surface area contributed by atoms with Gasteiger partial charge in [-0.2, -0.15) is 0 Å². The molecule has 1 nitrogen and oxygen atoms in total. The Labute approximate surface area is 132 Å². The number of aliphatic hydroxyl groups excluding tert-OH is 1. The normalized spacial score (nSPS) is 23.3. The van der Waals surface area contributed by atoms with E-state index >= 15 is 0 Å². The third-order valence-corrected chi connectivity index (χ3v) is 4.48. The summed E-state index contributed by atoms with van der Waals surface area (Å²) in [5, 5.41) is 9.32. The molecule has 0 bridgehead atoms. The van der Waals surface area contributed by atoms with E-state index < -0.39 is 0 Å². The molecule has 0 aliphatic heterocycles. The van der Waals surface area contributed by atoms with Crippen molar-refractivity contribution in [3.05, 3.63) is 35.6 Å². The third kappa shape index (κ3) is 8.80. The van der Waals surface area contributed by atoms with Gasteiger partial charge in [0.2, 0.25) is 0 Å². The molecule has 0 heterocycles. The van der Waals surface area contributed by atoms with E-state index in [1.165, 1.54) is 44.1 Å². The Bertz CT molecular complexity index is 345. The van der Waals surface area contributed by atoms with E-state index in [4.69, 9.17) is 0 Å². The van der Waals surface area contributed by atoms with Crippen molar-refractivity contribution in [2.75, 3.05) is 0 Å². The highest BCUT2D eigenvalue weighted by Gasteiger charge is 2.20. The van der Waals surface area contributed by atoms with Crippen LogP contribution in [-0.2, 0) is 0 Å². The van der Waals surface area contributed by atoms with Gasteiger partial charge in [-0.05, 0) is 50.5 Å². The van der Waals surface area contributed by atoms with Gasteiger partial charge >= 0.3 is 0 Å².